The van der Waals surface area contributed by atoms with Crippen LogP contribution in [0.2, 0.25) is 0 Å². The van der Waals surface area contributed by atoms with Gasteiger partial charge in [-0.2, -0.15) is 5.10 Å². The first-order valence-electron chi connectivity index (χ1n) is 8.08. The zero-order valence-corrected chi connectivity index (χ0v) is 13.2. The molecule has 0 aliphatic carbocycles. The van der Waals surface area contributed by atoms with Crippen molar-refractivity contribution < 1.29 is 4.79 Å². The van der Waals surface area contributed by atoms with E-state index >= 15 is 0 Å². The highest BCUT2D eigenvalue weighted by atomic mass is 16.1. The Kier molecular flexibility index (Phi) is 5.05. The summed E-state index contributed by atoms with van der Waals surface area (Å²) >= 11 is 0. The van der Waals surface area contributed by atoms with Crippen LogP contribution in [0.15, 0.2) is 30.3 Å². The summed E-state index contributed by atoms with van der Waals surface area (Å²) in [7, 11) is 0. The fourth-order valence-electron chi connectivity index (χ4n) is 2.90. The zero-order valence-electron chi connectivity index (χ0n) is 13.2. The summed E-state index contributed by atoms with van der Waals surface area (Å²) < 4.78 is 0. The van der Waals surface area contributed by atoms with Gasteiger partial charge in [-0.05, 0) is 18.5 Å². The van der Waals surface area contributed by atoms with Gasteiger partial charge in [0, 0.05) is 43.9 Å². The SMILES string of the molecule is NCCCNC(=O)c1n[nH]c2c1CN(Cc1ccccc1)CC2. The number of amides is 1. The van der Waals surface area contributed by atoms with Crippen LogP contribution in [-0.2, 0) is 19.5 Å². The van der Waals surface area contributed by atoms with Crippen molar-refractivity contribution in [2.24, 2.45) is 5.73 Å². The van der Waals surface area contributed by atoms with Gasteiger partial charge in [-0.3, -0.25) is 14.8 Å². The van der Waals surface area contributed by atoms with Crippen molar-refractivity contribution >= 4 is 5.91 Å². The maximum absolute atomic E-state index is 12.3. The summed E-state index contributed by atoms with van der Waals surface area (Å²) in [5, 5.41) is 10.1. The number of fused-ring (bicyclic) bond motifs is 1. The second kappa shape index (κ2) is 7.39. The lowest BCUT2D eigenvalue weighted by Crippen LogP contribution is -2.32. The minimum Gasteiger partial charge on any atom is -0.351 e. The first kappa shape index (κ1) is 15.7. The fourth-order valence-corrected chi connectivity index (χ4v) is 2.90. The molecule has 1 aliphatic rings. The van der Waals surface area contributed by atoms with Gasteiger partial charge in [0.05, 0.1) is 0 Å². The van der Waals surface area contributed by atoms with Crippen molar-refractivity contribution in [1.82, 2.24) is 20.4 Å². The van der Waals surface area contributed by atoms with E-state index in [1.165, 1.54) is 5.56 Å². The van der Waals surface area contributed by atoms with Crippen LogP contribution in [0.1, 0.15) is 33.7 Å². The number of aromatic amines is 1. The first-order chi connectivity index (χ1) is 11.3. The van der Waals surface area contributed by atoms with E-state index < -0.39 is 0 Å². The Hall–Kier alpha value is -2.18. The molecule has 23 heavy (non-hydrogen) atoms. The summed E-state index contributed by atoms with van der Waals surface area (Å²) in [5.74, 6) is -0.113. The molecule has 0 saturated heterocycles. The smallest absolute Gasteiger partial charge is 0.272 e. The minimum absolute atomic E-state index is 0.113. The molecule has 122 valence electrons. The van der Waals surface area contributed by atoms with Crippen LogP contribution in [-0.4, -0.2) is 40.6 Å². The third kappa shape index (κ3) is 3.78. The zero-order chi connectivity index (χ0) is 16.1. The van der Waals surface area contributed by atoms with Crippen LogP contribution in [0.5, 0.6) is 0 Å². The molecule has 1 aromatic heterocycles. The van der Waals surface area contributed by atoms with Gasteiger partial charge in [-0.25, -0.2) is 0 Å². The Labute approximate surface area is 136 Å². The molecule has 6 nitrogen and oxygen atoms in total. The van der Waals surface area contributed by atoms with Crippen molar-refractivity contribution in [3.8, 4) is 0 Å². The van der Waals surface area contributed by atoms with E-state index in [2.05, 4.69) is 44.7 Å². The van der Waals surface area contributed by atoms with Gasteiger partial charge in [0.1, 0.15) is 0 Å². The molecule has 3 rings (SSSR count). The number of H-pyrrole nitrogens is 1. The van der Waals surface area contributed by atoms with Crippen molar-refractivity contribution in [2.75, 3.05) is 19.6 Å². The van der Waals surface area contributed by atoms with E-state index in [4.69, 9.17) is 5.73 Å². The molecule has 2 aromatic rings. The van der Waals surface area contributed by atoms with Gasteiger partial charge in [0.15, 0.2) is 5.69 Å². The molecule has 4 N–H and O–H groups in total. The molecular weight excluding hydrogens is 290 g/mol. The standard InChI is InChI=1S/C17H23N5O/c18-8-4-9-19-17(23)16-14-12-22(10-7-15(14)20-21-16)11-13-5-2-1-3-6-13/h1-3,5-6H,4,7-12,18H2,(H,19,23)(H,20,21). The van der Waals surface area contributed by atoms with Gasteiger partial charge in [0.2, 0.25) is 0 Å². The van der Waals surface area contributed by atoms with Gasteiger partial charge in [-0.1, -0.05) is 30.3 Å². The van der Waals surface area contributed by atoms with Crippen LogP contribution in [0, 0.1) is 0 Å². The molecule has 0 saturated carbocycles. The van der Waals surface area contributed by atoms with Crippen LogP contribution >= 0.6 is 0 Å². The highest BCUT2D eigenvalue weighted by Gasteiger charge is 2.25. The topological polar surface area (TPSA) is 87.0 Å². The summed E-state index contributed by atoms with van der Waals surface area (Å²) in [6, 6.07) is 10.4. The summed E-state index contributed by atoms with van der Waals surface area (Å²) in [6.45, 7) is 3.77. The monoisotopic (exact) mass is 313 g/mol. The predicted molar refractivity (Wildman–Crippen MR) is 88.9 cm³/mol. The average Bonchev–Trinajstić information content (AvgIpc) is 2.99. The second-order valence-electron chi connectivity index (χ2n) is 5.87. The predicted octanol–water partition coefficient (Wildman–Crippen LogP) is 1.05. The van der Waals surface area contributed by atoms with E-state index in [1.807, 2.05) is 6.07 Å². The molecule has 2 heterocycles. The number of nitrogens with zero attached hydrogens (tertiary/aromatic N) is 2. The highest BCUT2D eigenvalue weighted by molar-refractivity contribution is 5.94. The quantitative estimate of drug-likeness (QED) is 0.696. The molecule has 1 aliphatic heterocycles. The summed E-state index contributed by atoms with van der Waals surface area (Å²) in [4.78, 5) is 14.6. The number of carbonyl (C=O) groups excluding carboxylic acids is 1. The molecule has 0 fully saturated rings. The van der Waals surface area contributed by atoms with E-state index in [9.17, 15) is 4.79 Å². The number of rotatable bonds is 6. The molecule has 0 atom stereocenters. The number of benzene rings is 1. The Morgan fingerprint density at radius 3 is 2.96 bits per heavy atom. The van der Waals surface area contributed by atoms with E-state index in [1.54, 1.807) is 0 Å². The van der Waals surface area contributed by atoms with Gasteiger partial charge in [-0.15, -0.1) is 0 Å². The third-order valence-corrected chi connectivity index (χ3v) is 4.14. The van der Waals surface area contributed by atoms with E-state index in [-0.39, 0.29) is 5.91 Å². The molecular formula is C17H23N5O. The van der Waals surface area contributed by atoms with Crippen LogP contribution in [0.25, 0.3) is 0 Å². The van der Waals surface area contributed by atoms with Crippen LogP contribution in [0.3, 0.4) is 0 Å². The van der Waals surface area contributed by atoms with Gasteiger partial charge < -0.3 is 11.1 Å². The lowest BCUT2D eigenvalue weighted by Gasteiger charge is -2.26. The maximum atomic E-state index is 12.3. The normalized spacial score (nSPS) is 14.5. The molecule has 0 spiro atoms. The number of nitrogens with two attached hydrogens (primary N) is 1. The number of carbonyl (C=O) groups is 1. The van der Waals surface area contributed by atoms with E-state index in [0.29, 0.717) is 18.8 Å². The molecule has 6 heteroatoms. The number of aromatic nitrogens is 2. The molecule has 1 amide bonds. The van der Waals surface area contributed by atoms with E-state index in [0.717, 1.165) is 43.7 Å². The lowest BCUT2D eigenvalue weighted by atomic mass is 10.0. The van der Waals surface area contributed by atoms with Crippen LogP contribution < -0.4 is 11.1 Å². The average molecular weight is 313 g/mol. The molecule has 0 radical (unpaired) electrons. The number of hydrogen-bond acceptors (Lipinski definition) is 4. The van der Waals surface area contributed by atoms with Crippen LogP contribution in [0.4, 0.5) is 0 Å². The lowest BCUT2D eigenvalue weighted by molar-refractivity contribution is 0.0946. The summed E-state index contributed by atoms with van der Waals surface area (Å²) in [5.41, 5.74) is 9.37. The first-order valence-corrected chi connectivity index (χ1v) is 8.08. The van der Waals surface area contributed by atoms with Gasteiger partial charge >= 0.3 is 0 Å². The molecule has 1 aromatic carbocycles. The number of hydrogen-bond donors (Lipinski definition) is 3. The van der Waals surface area contributed by atoms with Crippen molar-refractivity contribution in [1.29, 1.82) is 0 Å². The van der Waals surface area contributed by atoms with Gasteiger partial charge in [0.25, 0.3) is 5.91 Å². The maximum Gasteiger partial charge on any atom is 0.272 e. The number of nitrogens with one attached hydrogen (secondary N) is 2. The third-order valence-electron chi connectivity index (χ3n) is 4.14. The molecule has 0 bridgehead atoms. The second-order valence-corrected chi connectivity index (χ2v) is 5.87. The Balaban J connectivity index is 1.67. The largest absolute Gasteiger partial charge is 0.351 e. The fraction of sp³-hybridized carbons (Fsp3) is 0.412. The van der Waals surface area contributed by atoms with Crippen molar-refractivity contribution in [3.05, 3.63) is 52.8 Å². The summed E-state index contributed by atoms with van der Waals surface area (Å²) in [6.07, 6.45) is 1.67. The highest BCUT2D eigenvalue weighted by Crippen LogP contribution is 2.21. The Morgan fingerprint density at radius 2 is 2.17 bits per heavy atom. The Bertz CT molecular complexity index is 652. The van der Waals surface area contributed by atoms with Crippen molar-refractivity contribution in [2.45, 2.75) is 25.9 Å². The Morgan fingerprint density at radius 1 is 1.35 bits per heavy atom. The minimum atomic E-state index is -0.113. The van der Waals surface area contributed by atoms with Crippen molar-refractivity contribution in [3.63, 3.8) is 0 Å². The molecule has 0 unspecified atom stereocenters.